The fraction of sp³-hybridized carbons (Fsp3) is 0.348. The van der Waals surface area contributed by atoms with Gasteiger partial charge in [0.25, 0.3) is 0 Å². The molecule has 1 aromatic carbocycles. The highest BCUT2D eigenvalue weighted by molar-refractivity contribution is 5.85. The van der Waals surface area contributed by atoms with Crippen LogP contribution in [0.5, 0.6) is 0 Å². The average Bonchev–Trinajstić information content (AvgIpc) is 3.50. The van der Waals surface area contributed by atoms with E-state index >= 15 is 0 Å². The lowest BCUT2D eigenvalue weighted by molar-refractivity contribution is -0.127. The lowest BCUT2D eigenvalue weighted by Gasteiger charge is -2.16. The molecule has 0 bridgehead atoms. The smallest absolute Gasteiger partial charge is 0.222 e. The Kier molecular flexibility index (Phi) is 5.30. The number of hydrogen-bond acceptors (Lipinski definition) is 7. The molecule has 5 rings (SSSR count). The molecule has 0 aliphatic carbocycles. The number of amides is 1. The maximum Gasteiger partial charge on any atom is 0.222 e. The fourth-order valence-electron chi connectivity index (χ4n) is 4.10. The molecule has 1 fully saturated rings. The number of aromatic nitrogens is 5. The number of carbonyl (C=O) groups is 1. The van der Waals surface area contributed by atoms with Crippen LogP contribution in [0.15, 0.2) is 41.2 Å². The first-order valence-electron chi connectivity index (χ1n) is 10.8. The molecule has 4 aromatic rings. The lowest BCUT2D eigenvalue weighted by atomic mass is 10.2. The van der Waals surface area contributed by atoms with Crippen molar-refractivity contribution in [2.24, 2.45) is 0 Å². The molecule has 0 atom stereocenters. The number of benzene rings is 1. The average molecular weight is 432 g/mol. The van der Waals surface area contributed by atoms with Crippen LogP contribution in [0, 0.1) is 13.8 Å². The Morgan fingerprint density at radius 2 is 1.97 bits per heavy atom. The predicted molar refractivity (Wildman–Crippen MR) is 120 cm³/mol. The first-order valence-corrected chi connectivity index (χ1v) is 10.8. The highest BCUT2D eigenvalue weighted by Gasteiger charge is 2.22. The van der Waals surface area contributed by atoms with Crippen molar-refractivity contribution in [1.29, 1.82) is 0 Å². The van der Waals surface area contributed by atoms with Crippen LogP contribution < -0.4 is 5.32 Å². The first kappa shape index (κ1) is 20.2. The number of hydrogen-bond donors (Lipinski definition) is 1. The fourth-order valence-corrected chi connectivity index (χ4v) is 4.10. The summed E-state index contributed by atoms with van der Waals surface area (Å²) in [5.41, 5.74) is 4.09. The second kappa shape index (κ2) is 8.41. The van der Waals surface area contributed by atoms with Gasteiger partial charge in [-0.05, 0) is 25.8 Å². The van der Waals surface area contributed by atoms with Gasteiger partial charge in [0.2, 0.25) is 5.91 Å². The molecule has 164 valence electrons. The SMILES string of the molecule is Cc1noc(C)c1-c1nc(NCc2ccccc2)c2ncn(CCN3CCCC3=O)c2n1. The third-order valence-corrected chi connectivity index (χ3v) is 5.81. The van der Waals surface area contributed by atoms with Crippen LogP contribution in [0.25, 0.3) is 22.6 Å². The molecule has 0 unspecified atom stereocenters. The normalized spacial score (nSPS) is 13.9. The summed E-state index contributed by atoms with van der Waals surface area (Å²) in [4.78, 5) is 28.1. The molecule has 1 N–H and O–H groups in total. The second-order valence-corrected chi connectivity index (χ2v) is 8.03. The number of nitrogens with zero attached hydrogens (tertiary/aromatic N) is 6. The Balaban J connectivity index is 1.52. The molecular weight excluding hydrogens is 406 g/mol. The maximum atomic E-state index is 12.0. The van der Waals surface area contributed by atoms with Gasteiger partial charge in [0.1, 0.15) is 11.3 Å². The predicted octanol–water partition coefficient (Wildman–Crippen LogP) is 3.33. The summed E-state index contributed by atoms with van der Waals surface area (Å²) in [5, 5.41) is 7.48. The maximum absolute atomic E-state index is 12.0. The molecule has 1 amide bonds. The third-order valence-electron chi connectivity index (χ3n) is 5.81. The van der Waals surface area contributed by atoms with E-state index in [0.29, 0.717) is 49.0 Å². The van der Waals surface area contributed by atoms with Crippen molar-refractivity contribution in [3.63, 3.8) is 0 Å². The zero-order chi connectivity index (χ0) is 22.1. The van der Waals surface area contributed by atoms with Crippen molar-refractivity contribution < 1.29 is 9.32 Å². The molecule has 9 heteroatoms. The van der Waals surface area contributed by atoms with Gasteiger partial charge in [0.05, 0.1) is 17.6 Å². The highest BCUT2D eigenvalue weighted by atomic mass is 16.5. The minimum absolute atomic E-state index is 0.214. The Bertz CT molecular complexity index is 1240. The van der Waals surface area contributed by atoms with Crippen molar-refractivity contribution in [1.82, 2.24) is 29.6 Å². The van der Waals surface area contributed by atoms with Crippen LogP contribution in [0.1, 0.15) is 29.9 Å². The van der Waals surface area contributed by atoms with Gasteiger partial charge in [-0.3, -0.25) is 4.79 Å². The van der Waals surface area contributed by atoms with E-state index in [1.165, 1.54) is 0 Å². The van der Waals surface area contributed by atoms with Crippen molar-refractivity contribution in [3.8, 4) is 11.4 Å². The van der Waals surface area contributed by atoms with E-state index < -0.39 is 0 Å². The summed E-state index contributed by atoms with van der Waals surface area (Å²) in [5.74, 6) is 2.09. The number of anilines is 1. The molecule has 1 aliphatic rings. The molecular formula is C23H25N7O2. The lowest BCUT2D eigenvalue weighted by Crippen LogP contribution is -2.28. The number of nitrogens with one attached hydrogen (secondary N) is 1. The van der Waals surface area contributed by atoms with E-state index in [2.05, 4.69) is 27.6 Å². The summed E-state index contributed by atoms with van der Waals surface area (Å²) < 4.78 is 7.34. The minimum Gasteiger partial charge on any atom is -0.364 e. The van der Waals surface area contributed by atoms with E-state index in [4.69, 9.17) is 14.5 Å². The molecule has 4 heterocycles. The molecule has 0 radical (unpaired) electrons. The number of rotatable bonds is 7. The van der Waals surface area contributed by atoms with Gasteiger partial charge in [-0.1, -0.05) is 35.5 Å². The van der Waals surface area contributed by atoms with E-state index in [9.17, 15) is 4.79 Å². The van der Waals surface area contributed by atoms with E-state index in [0.717, 1.165) is 35.4 Å². The van der Waals surface area contributed by atoms with Crippen LogP contribution in [0.2, 0.25) is 0 Å². The number of likely N-dealkylation sites (tertiary alicyclic amines) is 1. The van der Waals surface area contributed by atoms with Crippen LogP contribution >= 0.6 is 0 Å². The van der Waals surface area contributed by atoms with Crippen molar-refractivity contribution in [2.45, 2.75) is 39.8 Å². The molecule has 0 spiro atoms. The summed E-state index contributed by atoms with van der Waals surface area (Å²) in [6, 6.07) is 10.1. The van der Waals surface area contributed by atoms with Gasteiger partial charge in [0.15, 0.2) is 17.3 Å². The molecule has 32 heavy (non-hydrogen) atoms. The van der Waals surface area contributed by atoms with Gasteiger partial charge in [-0.15, -0.1) is 0 Å². The zero-order valence-corrected chi connectivity index (χ0v) is 18.2. The van der Waals surface area contributed by atoms with E-state index in [1.54, 1.807) is 6.33 Å². The molecule has 3 aromatic heterocycles. The number of imidazole rings is 1. The van der Waals surface area contributed by atoms with Gasteiger partial charge >= 0.3 is 0 Å². The second-order valence-electron chi connectivity index (χ2n) is 8.03. The quantitative estimate of drug-likeness (QED) is 0.479. The Morgan fingerprint density at radius 1 is 1.12 bits per heavy atom. The first-order chi connectivity index (χ1) is 15.6. The zero-order valence-electron chi connectivity index (χ0n) is 18.2. The topological polar surface area (TPSA) is 102 Å². The standard InChI is InChI=1S/C23H25N7O2/c1-15-19(16(2)32-28-15)21-26-22(24-13-17-7-4-3-5-8-17)20-23(27-21)30(14-25-20)12-11-29-10-6-9-18(29)31/h3-5,7-8,14H,6,9-13H2,1-2H3,(H,24,26,27). The highest BCUT2D eigenvalue weighted by Crippen LogP contribution is 2.28. The van der Waals surface area contributed by atoms with Crippen LogP contribution in [0.3, 0.4) is 0 Å². The molecule has 0 saturated carbocycles. The number of fused-ring (bicyclic) bond motifs is 1. The van der Waals surface area contributed by atoms with Gasteiger partial charge in [-0.25, -0.2) is 15.0 Å². The molecule has 1 aliphatic heterocycles. The van der Waals surface area contributed by atoms with E-state index in [-0.39, 0.29) is 5.91 Å². The van der Waals surface area contributed by atoms with E-state index in [1.807, 2.05) is 41.5 Å². The Morgan fingerprint density at radius 3 is 2.69 bits per heavy atom. The van der Waals surface area contributed by atoms with Gasteiger partial charge < -0.3 is 19.3 Å². The molecule has 1 saturated heterocycles. The number of aryl methyl sites for hydroxylation is 2. The van der Waals surface area contributed by atoms with Crippen molar-refractivity contribution in [3.05, 3.63) is 53.7 Å². The van der Waals surface area contributed by atoms with Crippen molar-refractivity contribution >= 4 is 22.9 Å². The van der Waals surface area contributed by atoms with Crippen LogP contribution in [-0.4, -0.2) is 48.6 Å². The molecule has 9 nitrogen and oxygen atoms in total. The Labute approximate surface area is 185 Å². The van der Waals surface area contributed by atoms with Crippen LogP contribution in [-0.2, 0) is 17.9 Å². The summed E-state index contributed by atoms with van der Waals surface area (Å²) in [6.07, 6.45) is 3.33. The Hall–Kier alpha value is -3.75. The summed E-state index contributed by atoms with van der Waals surface area (Å²) in [7, 11) is 0. The van der Waals surface area contributed by atoms with Crippen molar-refractivity contribution in [2.75, 3.05) is 18.4 Å². The number of carbonyl (C=O) groups excluding carboxylic acids is 1. The third kappa shape index (κ3) is 3.81. The van der Waals surface area contributed by atoms with Crippen LogP contribution in [0.4, 0.5) is 5.82 Å². The summed E-state index contributed by atoms with van der Waals surface area (Å²) in [6.45, 7) is 6.43. The minimum atomic E-state index is 0.214. The van der Waals surface area contributed by atoms with Gasteiger partial charge in [-0.2, -0.15) is 0 Å². The summed E-state index contributed by atoms with van der Waals surface area (Å²) >= 11 is 0. The monoisotopic (exact) mass is 431 g/mol. The van der Waals surface area contributed by atoms with Gasteiger partial charge in [0, 0.05) is 32.6 Å². The largest absolute Gasteiger partial charge is 0.364 e.